The summed E-state index contributed by atoms with van der Waals surface area (Å²) in [5.74, 6) is -1.00. The molecule has 0 atom stereocenters. The van der Waals surface area contributed by atoms with Crippen molar-refractivity contribution in [1.82, 2.24) is 9.78 Å². The fourth-order valence-electron chi connectivity index (χ4n) is 1.83. The summed E-state index contributed by atoms with van der Waals surface area (Å²) >= 11 is 0. The van der Waals surface area contributed by atoms with Crippen LogP contribution in [0.1, 0.15) is 11.3 Å². The van der Waals surface area contributed by atoms with Crippen LogP contribution in [-0.4, -0.2) is 31.4 Å². The van der Waals surface area contributed by atoms with Gasteiger partial charge in [-0.15, -0.1) is 0 Å². The molecular formula is C13H12N6O6. The molecule has 0 radical (unpaired) electrons. The number of benzene rings is 1. The van der Waals surface area contributed by atoms with E-state index in [2.05, 4.69) is 15.1 Å². The maximum absolute atomic E-state index is 11.7. The molecule has 1 aromatic carbocycles. The maximum Gasteiger partial charge on any atom is 0.356 e. The minimum absolute atomic E-state index is 0.121. The van der Waals surface area contributed by atoms with E-state index in [-0.39, 0.29) is 22.9 Å². The number of non-ortho nitro benzene ring substituents is 1. The minimum atomic E-state index is -0.842. The molecule has 0 bridgehead atoms. The van der Waals surface area contributed by atoms with Crippen LogP contribution >= 0.6 is 0 Å². The molecule has 0 saturated heterocycles. The van der Waals surface area contributed by atoms with Crippen molar-refractivity contribution in [2.24, 2.45) is 10.9 Å². The van der Waals surface area contributed by atoms with E-state index >= 15 is 0 Å². The van der Waals surface area contributed by atoms with Crippen LogP contribution in [0.25, 0.3) is 0 Å². The Morgan fingerprint density at radius 2 is 1.92 bits per heavy atom. The third-order valence-corrected chi connectivity index (χ3v) is 3.17. The zero-order chi connectivity index (χ0) is 18.6. The van der Waals surface area contributed by atoms with Gasteiger partial charge in [0.1, 0.15) is 18.4 Å². The van der Waals surface area contributed by atoms with Crippen molar-refractivity contribution in [3.63, 3.8) is 0 Å². The zero-order valence-corrected chi connectivity index (χ0v) is 12.9. The van der Waals surface area contributed by atoms with Gasteiger partial charge in [0.05, 0.1) is 9.85 Å². The predicted molar refractivity (Wildman–Crippen MR) is 83.5 cm³/mol. The summed E-state index contributed by atoms with van der Waals surface area (Å²) in [6.45, 7) is 1.05. The minimum Gasteiger partial charge on any atom is -0.380 e. The number of carbonyl (C=O) groups is 1. The molecule has 2 rings (SSSR count). The van der Waals surface area contributed by atoms with Crippen LogP contribution in [0.5, 0.6) is 0 Å². The van der Waals surface area contributed by atoms with Crippen LogP contribution in [-0.2, 0) is 16.2 Å². The number of nitrogens with two attached hydrogens (primary N) is 1. The summed E-state index contributed by atoms with van der Waals surface area (Å²) in [5, 5.41) is 28.4. The average molecular weight is 348 g/mol. The molecular weight excluding hydrogens is 336 g/mol. The second kappa shape index (κ2) is 7.16. The summed E-state index contributed by atoms with van der Waals surface area (Å²) < 4.78 is 1.10. The van der Waals surface area contributed by atoms with Gasteiger partial charge >= 0.3 is 11.7 Å². The maximum atomic E-state index is 11.7. The first-order valence-corrected chi connectivity index (χ1v) is 6.74. The number of oxime groups is 1. The van der Waals surface area contributed by atoms with Crippen molar-refractivity contribution in [3.8, 4) is 0 Å². The summed E-state index contributed by atoms with van der Waals surface area (Å²) in [4.78, 5) is 36.4. The molecule has 2 aromatic rings. The Kier molecular flexibility index (Phi) is 5.02. The van der Waals surface area contributed by atoms with E-state index in [9.17, 15) is 25.0 Å². The lowest BCUT2D eigenvalue weighted by molar-refractivity contribution is -0.385. The SMILES string of the molecule is Cc1c([N+](=O)[O-])cnn1CC(=O)O/N=C(\N)c1ccc([N+](=O)[O-])cc1. The van der Waals surface area contributed by atoms with E-state index in [1.165, 1.54) is 31.2 Å². The molecule has 2 N–H and O–H groups in total. The topological polar surface area (TPSA) is 169 Å². The van der Waals surface area contributed by atoms with Crippen LogP contribution in [0, 0.1) is 27.2 Å². The van der Waals surface area contributed by atoms with Gasteiger partial charge in [-0.2, -0.15) is 5.10 Å². The number of nitro groups is 2. The van der Waals surface area contributed by atoms with Gasteiger partial charge in [0.15, 0.2) is 5.84 Å². The second-order valence-corrected chi connectivity index (χ2v) is 4.77. The summed E-state index contributed by atoms with van der Waals surface area (Å²) in [5.41, 5.74) is 5.80. The van der Waals surface area contributed by atoms with E-state index in [0.29, 0.717) is 5.56 Å². The highest BCUT2D eigenvalue weighted by Crippen LogP contribution is 2.16. The Labute approximate surface area is 139 Å². The molecule has 0 spiro atoms. The van der Waals surface area contributed by atoms with Gasteiger partial charge in [0.25, 0.3) is 5.69 Å². The quantitative estimate of drug-likeness (QED) is 0.263. The van der Waals surface area contributed by atoms with E-state index in [1.54, 1.807) is 0 Å². The number of nitro benzene ring substituents is 1. The van der Waals surface area contributed by atoms with Crippen molar-refractivity contribution in [1.29, 1.82) is 0 Å². The first-order chi connectivity index (χ1) is 11.8. The van der Waals surface area contributed by atoms with Crippen LogP contribution in [0.4, 0.5) is 11.4 Å². The lowest BCUT2D eigenvalue weighted by atomic mass is 10.2. The molecule has 0 aliphatic rings. The number of rotatable bonds is 6. The third kappa shape index (κ3) is 4.13. The summed E-state index contributed by atoms with van der Waals surface area (Å²) in [6, 6.07) is 5.16. The van der Waals surface area contributed by atoms with Crippen LogP contribution in [0.15, 0.2) is 35.6 Å². The molecule has 130 valence electrons. The number of carbonyl (C=O) groups excluding carboxylic acids is 1. The van der Waals surface area contributed by atoms with E-state index in [1.807, 2.05) is 0 Å². The highest BCUT2D eigenvalue weighted by Gasteiger charge is 2.18. The van der Waals surface area contributed by atoms with E-state index < -0.39 is 22.4 Å². The largest absolute Gasteiger partial charge is 0.380 e. The second-order valence-electron chi connectivity index (χ2n) is 4.77. The first kappa shape index (κ1) is 17.5. The highest BCUT2D eigenvalue weighted by atomic mass is 16.7. The van der Waals surface area contributed by atoms with Gasteiger partial charge in [-0.1, -0.05) is 5.16 Å². The Balaban J connectivity index is 2.01. The Hall–Kier alpha value is -3.83. The number of hydrogen-bond donors (Lipinski definition) is 1. The molecule has 12 nitrogen and oxygen atoms in total. The fraction of sp³-hybridized carbons (Fsp3) is 0.154. The van der Waals surface area contributed by atoms with Crippen LogP contribution in [0.3, 0.4) is 0 Å². The molecule has 0 aliphatic carbocycles. The fourth-order valence-corrected chi connectivity index (χ4v) is 1.83. The van der Waals surface area contributed by atoms with Crippen molar-refractivity contribution in [2.45, 2.75) is 13.5 Å². The van der Waals surface area contributed by atoms with Crippen molar-refractivity contribution in [3.05, 3.63) is 61.9 Å². The van der Waals surface area contributed by atoms with Crippen LogP contribution in [0.2, 0.25) is 0 Å². The molecule has 1 aromatic heterocycles. The smallest absolute Gasteiger partial charge is 0.356 e. The van der Waals surface area contributed by atoms with E-state index in [0.717, 1.165) is 10.9 Å². The molecule has 0 saturated carbocycles. The lowest BCUT2D eigenvalue weighted by Crippen LogP contribution is -2.18. The molecule has 0 aliphatic heterocycles. The standard InChI is InChI=1S/C13H12N6O6/c1-8-11(19(23)24)6-15-17(8)7-12(20)25-16-13(14)9-2-4-10(5-3-9)18(21)22/h2-6H,7H2,1H3,(H2,14,16). The highest BCUT2D eigenvalue weighted by molar-refractivity contribution is 5.97. The van der Waals surface area contributed by atoms with Gasteiger partial charge in [-0.25, -0.2) is 4.79 Å². The van der Waals surface area contributed by atoms with Crippen molar-refractivity contribution in [2.75, 3.05) is 0 Å². The van der Waals surface area contributed by atoms with Crippen LogP contribution < -0.4 is 5.73 Å². The number of aromatic nitrogens is 2. The molecule has 25 heavy (non-hydrogen) atoms. The molecule has 12 heteroatoms. The summed E-state index contributed by atoms with van der Waals surface area (Å²) in [6.07, 6.45) is 1.02. The van der Waals surface area contributed by atoms with Gasteiger partial charge in [0, 0.05) is 17.7 Å². The lowest BCUT2D eigenvalue weighted by Gasteiger charge is -2.03. The number of amidine groups is 1. The number of hydrogen-bond acceptors (Lipinski definition) is 8. The van der Waals surface area contributed by atoms with Gasteiger partial charge < -0.3 is 10.6 Å². The monoisotopic (exact) mass is 348 g/mol. The van der Waals surface area contributed by atoms with Gasteiger partial charge in [-0.3, -0.25) is 24.9 Å². The molecule has 0 fully saturated rings. The number of nitrogens with zero attached hydrogens (tertiary/aromatic N) is 5. The predicted octanol–water partition coefficient (Wildman–Crippen LogP) is 0.872. The normalized spacial score (nSPS) is 11.2. The Morgan fingerprint density at radius 3 is 2.44 bits per heavy atom. The van der Waals surface area contributed by atoms with Gasteiger partial charge in [-0.05, 0) is 19.1 Å². The average Bonchev–Trinajstić information content (AvgIpc) is 2.93. The Bertz CT molecular complexity index is 856. The van der Waals surface area contributed by atoms with Gasteiger partial charge in [0.2, 0.25) is 0 Å². The van der Waals surface area contributed by atoms with Crippen molar-refractivity contribution < 1.29 is 19.5 Å². The zero-order valence-electron chi connectivity index (χ0n) is 12.9. The summed E-state index contributed by atoms with van der Waals surface area (Å²) in [7, 11) is 0. The Morgan fingerprint density at radius 1 is 1.28 bits per heavy atom. The third-order valence-electron chi connectivity index (χ3n) is 3.17. The first-order valence-electron chi connectivity index (χ1n) is 6.74. The van der Waals surface area contributed by atoms with Crippen molar-refractivity contribution >= 4 is 23.2 Å². The molecule has 0 amide bonds. The molecule has 1 heterocycles. The molecule has 0 unspecified atom stereocenters. The van der Waals surface area contributed by atoms with E-state index in [4.69, 9.17) is 5.73 Å².